The Hall–Kier alpha value is -3.50. The lowest BCUT2D eigenvalue weighted by atomic mass is 9.93. The Labute approximate surface area is 231 Å². The molecule has 0 N–H and O–H groups in total. The molecule has 2 aromatic carbocycles. The minimum absolute atomic E-state index is 0.177. The molecule has 2 aliphatic rings. The van der Waals surface area contributed by atoms with E-state index in [1.54, 1.807) is 32.0 Å². The molecule has 2 aliphatic heterocycles. The van der Waals surface area contributed by atoms with Gasteiger partial charge in [-0.1, -0.05) is 58.8 Å². The second kappa shape index (κ2) is 10.3. The number of amides is 1. The van der Waals surface area contributed by atoms with Crippen LogP contribution in [0.15, 0.2) is 68.0 Å². The third kappa shape index (κ3) is 4.12. The number of methoxy groups -OCH3 is 1. The molecule has 0 aliphatic carbocycles. The number of halogens is 1. The summed E-state index contributed by atoms with van der Waals surface area (Å²) in [6.07, 6.45) is 1.25. The van der Waals surface area contributed by atoms with E-state index in [1.807, 2.05) is 43.3 Å². The smallest absolute Gasteiger partial charge is 0.338 e. The van der Waals surface area contributed by atoms with E-state index in [-0.39, 0.29) is 17.0 Å². The fourth-order valence-electron chi connectivity index (χ4n) is 4.97. The van der Waals surface area contributed by atoms with Crippen LogP contribution in [0.3, 0.4) is 0 Å². The predicted molar refractivity (Wildman–Crippen MR) is 149 cm³/mol. The molecule has 0 saturated carbocycles. The lowest BCUT2D eigenvalue weighted by Crippen LogP contribution is -2.41. The van der Waals surface area contributed by atoms with Crippen LogP contribution in [0.4, 0.5) is 5.69 Å². The van der Waals surface area contributed by atoms with Crippen molar-refractivity contribution in [2.24, 2.45) is 4.99 Å². The number of carbonyl (C=O) groups is 2. The molecule has 0 bridgehead atoms. The Bertz CT molecular complexity index is 1690. The number of esters is 1. The number of allylic oxidation sites excluding steroid dienone is 1. The van der Waals surface area contributed by atoms with E-state index in [2.05, 4.69) is 15.9 Å². The highest BCUT2D eigenvalue weighted by atomic mass is 79.9. The molecular weight excluding hydrogens is 570 g/mol. The number of thiazole rings is 1. The minimum Gasteiger partial charge on any atom is -0.496 e. The van der Waals surface area contributed by atoms with Gasteiger partial charge in [-0.3, -0.25) is 14.2 Å². The van der Waals surface area contributed by atoms with Crippen molar-refractivity contribution in [3.63, 3.8) is 0 Å². The first-order valence-corrected chi connectivity index (χ1v) is 13.9. The average Bonchev–Trinajstić information content (AvgIpc) is 3.36. The van der Waals surface area contributed by atoms with E-state index in [0.717, 1.165) is 27.9 Å². The van der Waals surface area contributed by atoms with E-state index in [1.165, 1.54) is 4.57 Å². The summed E-state index contributed by atoms with van der Waals surface area (Å²) >= 11 is 4.69. The fraction of sp³-hybridized carbons (Fsp3) is 0.286. The maximum atomic E-state index is 14.2. The lowest BCUT2D eigenvalue weighted by Gasteiger charge is -2.27. The molecule has 3 heterocycles. The summed E-state index contributed by atoms with van der Waals surface area (Å²) in [6.45, 7) is 3.92. The summed E-state index contributed by atoms with van der Waals surface area (Å²) in [5.74, 6) is -0.281. The number of benzene rings is 2. The molecule has 0 unspecified atom stereocenters. The first-order valence-electron chi connectivity index (χ1n) is 12.3. The molecule has 8 nitrogen and oxygen atoms in total. The first kappa shape index (κ1) is 26.1. The number of carbonyl (C=O) groups excluding carboxylic acids is 2. The van der Waals surface area contributed by atoms with Gasteiger partial charge in [-0.2, -0.15) is 0 Å². The molecule has 1 amide bonds. The van der Waals surface area contributed by atoms with E-state index in [4.69, 9.17) is 14.5 Å². The Morgan fingerprint density at radius 1 is 1.16 bits per heavy atom. The van der Waals surface area contributed by atoms with Crippen molar-refractivity contribution in [2.75, 3.05) is 25.7 Å². The summed E-state index contributed by atoms with van der Waals surface area (Å²) in [5.41, 5.74) is 2.84. The number of rotatable bonds is 6. The number of ether oxygens (including phenoxy) is 2. The van der Waals surface area contributed by atoms with E-state index in [9.17, 15) is 14.4 Å². The number of fused-ring (bicyclic) bond motifs is 2. The summed E-state index contributed by atoms with van der Waals surface area (Å²) in [5, 5.41) is 0. The molecular formula is C28H26BrN3O5S. The molecule has 0 fully saturated rings. The van der Waals surface area contributed by atoms with Crippen LogP contribution >= 0.6 is 27.3 Å². The van der Waals surface area contributed by atoms with Crippen LogP contribution in [0.1, 0.15) is 43.9 Å². The lowest BCUT2D eigenvalue weighted by molar-refractivity contribution is -0.139. The van der Waals surface area contributed by atoms with Gasteiger partial charge in [-0.05, 0) is 37.6 Å². The fourth-order valence-corrected chi connectivity index (χ4v) is 6.46. The zero-order chi connectivity index (χ0) is 27.1. The highest BCUT2D eigenvalue weighted by Gasteiger charge is 2.38. The van der Waals surface area contributed by atoms with Crippen LogP contribution < -0.4 is 24.5 Å². The molecule has 10 heteroatoms. The number of hydrogen-bond acceptors (Lipinski definition) is 7. The van der Waals surface area contributed by atoms with Crippen LogP contribution in [0, 0.1) is 0 Å². The zero-order valence-corrected chi connectivity index (χ0v) is 23.8. The summed E-state index contributed by atoms with van der Waals surface area (Å²) in [6, 6.07) is 12.0. The van der Waals surface area contributed by atoms with Crippen molar-refractivity contribution >= 4 is 50.4 Å². The standard InChI is InChI=1S/C28H26BrN3O5S/c1-5-9-18-22(27(35)37-6-2)23(17-14-15(29)12-13-20(17)36-4)32-26(34)24(38-28(32)30-18)21-16-10-7-8-11-19(16)31(3)25(21)33/h7-8,10-14,23H,5-6,9H2,1-4H3/b24-21+/t23-/m0/s1. The van der Waals surface area contributed by atoms with Crippen molar-refractivity contribution in [3.8, 4) is 5.75 Å². The second-order valence-electron chi connectivity index (χ2n) is 8.88. The Balaban J connectivity index is 1.90. The maximum Gasteiger partial charge on any atom is 0.338 e. The Kier molecular flexibility index (Phi) is 7.11. The highest BCUT2D eigenvalue weighted by molar-refractivity contribution is 9.10. The molecule has 0 spiro atoms. The quantitative estimate of drug-likeness (QED) is 0.405. The van der Waals surface area contributed by atoms with Crippen LogP contribution in [0.2, 0.25) is 0 Å². The monoisotopic (exact) mass is 595 g/mol. The molecule has 196 valence electrons. The van der Waals surface area contributed by atoms with Gasteiger partial charge in [0.15, 0.2) is 4.80 Å². The molecule has 0 radical (unpaired) electrons. The van der Waals surface area contributed by atoms with Crippen molar-refractivity contribution in [3.05, 3.63) is 89.0 Å². The third-order valence-corrected chi connectivity index (χ3v) is 8.18. The molecule has 0 saturated heterocycles. The van der Waals surface area contributed by atoms with Gasteiger partial charge in [-0.15, -0.1) is 0 Å². The van der Waals surface area contributed by atoms with Gasteiger partial charge in [0.2, 0.25) is 0 Å². The number of aromatic nitrogens is 1. The van der Waals surface area contributed by atoms with Gasteiger partial charge in [0.05, 0.1) is 36.2 Å². The van der Waals surface area contributed by atoms with Crippen molar-refractivity contribution < 1.29 is 19.1 Å². The molecule has 3 aromatic rings. The zero-order valence-electron chi connectivity index (χ0n) is 21.4. The SMILES string of the molecule is CCCC1=C(C(=O)OCC)[C@H](c2cc(Br)ccc2OC)n2c(s/c(=C3/C(=O)N(C)c4ccccc43)c2=O)=N1. The number of para-hydroxylation sites is 1. The molecule has 1 atom stereocenters. The van der Waals surface area contributed by atoms with E-state index < -0.39 is 17.6 Å². The third-order valence-electron chi connectivity index (χ3n) is 6.63. The van der Waals surface area contributed by atoms with Gasteiger partial charge in [0.1, 0.15) is 16.3 Å². The average molecular weight is 597 g/mol. The highest BCUT2D eigenvalue weighted by Crippen LogP contribution is 2.39. The van der Waals surface area contributed by atoms with Crippen LogP contribution in [0.5, 0.6) is 5.75 Å². The topological polar surface area (TPSA) is 90.2 Å². The normalized spacial score (nSPS) is 17.8. The molecule has 1 aromatic heterocycles. The van der Waals surface area contributed by atoms with Crippen LogP contribution in [-0.2, 0) is 14.3 Å². The number of likely N-dealkylation sites (N-methyl/N-ethyl adjacent to an activating group) is 1. The van der Waals surface area contributed by atoms with Crippen LogP contribution in [-0.4, -0.2) is 37.2 Å². The Morgan fingerprint density at radius 3 is 2.63 bits per heavy atom. The maximum absolute atomic E-state index is 14.2. The minimum atomic E-state index is -0.849. The van der Waals surface area contributed by atoms with Gasteiger partial charge in [0, 0.05) is 22.6 Å². The van der Waals surface area contributed by atoms with E-state index >= 15 is 0 Å². The molecule has 5 rings (SSSR count). The Morgan fingerprint density at radius 2 is 1.92 bits per heavy atom. The van der Waals surface area contributed by atoms with Crippen molar-refractivity contribution in [2.45, 2.75) is 32.7 Å². The number of anilines is 1. The predicted octanol–water partition coefficient (Wildman–Crippen LogP) is 3.70. The van der Waals surface area contributed by atoms with E-state index in [0.29, 0.717) is 44.9 Å². The largest absolute Gasteiger partial charge is 0.496 e. The van der Waals surface area contributed by atoms with Gasteiger partial charge in [-0.25, -0.2) is 9.79 Å². The van der Waals surface area contributed by atoms with Crippen LogP contribution in [0.25, 0.3) is 5.57 Å². The number of hydrogen-bond donors (Lipinski definition) is 0. The summed E-state index contributed by atoms with van der Waals surface area (Å²) < 4.78 is 13.7. The van der Waals surface area contributed by atoms with Crippen molar-refractivity contribution in [1.29, 1.82) is 0 Å². The second-order valence-corrected chi connectivity index (χ2v) is 10.8. The van der Waals surface area contributed by atoms with Gasteiger partial charge >= 0.3 is 5.97 Å². The summed E-state index contributed by atoms with van der Waals surface area (Å²) in [4.78, 5) is 47.8. The van der Waals surface area contributed by atoms with Crippen molar-refractivity contribution in [1.82, 2.24) is 4.57 Å². The first-order chi connectivity index (χ1) is 18.3. The van der Waals surface area contributed by atoms with Gasteiger partial charge in [0.25, 0.3) is 11.5 Å². The summed E-state index contributed by atoms with van der Waals surface area (Å²) in [7, 11) is 3.24. The van der Waals surface area contributed by atoms with Gasteiger partial charge < -0.3 is 14.4 Å². The molecule has 38 heavy (non-hydrogen) atoms. The number of nitrogens with zero attached hydrogens (tertiary/aromatic N) is 3.